The van der Waals surface area contributed by atoms with E-state index in [1.807, 2.05) is 0 Å². The van der Waals surface area contributed by atoms with Gasteiger partial charge in [-0.05, 0) is 6.42 Å². The standard InChI is InChI=1S/C23H47O9P.Na/c1-2-3-4-5-6-7-8-9-10-11-12-13-14-15-16-23(27)30-18-22(26)20-32-33(28,29)31-19-21(25)17-24;/h21-22,24-26H,2-20H2,1H3,(H,28,29);/q;+1/p-1/t21?,22-;/m1./s1/i18D2,20D2,22D;. The zero-order valence-corrected chi connectivity index (χ0v) is 23.7. The molecule has 0 fully saturated rings. The van der Waals surface area contributed by atoms with Gasteiger partial charge in [-0.15, -0.1) is 0 Å². The van der Waals surface area contributed by atoms with E-state index in [9.17, 15) is 19.4 Å². The number of esters is 1. The summed E-state index contributed by atoms with van der Waals surface area (Å²) in [4.78, 5) is 23.8. The maximum Gasteiger partial charge on any atom is 1.00 e. The molecule has 11 heteroatoms. The normalized spacial score (nSPS) is 18.7. The molecular weight excluding hydrogens is 474 g/mol. The Labute approximate surface area is 234 Å². The average molecular weight is 526 g/mol. The molecule has 2 unspecified atom stereocenters. The monoisotopic (exact) mass is 525 g/mol. The number of aliphatic hydroxyl groups excluding tert-OH is 2. The number of hydrogen-bond donors (Lipinski definition) is 3. The Morgan fingerprint density at radius 3 is 1.85 bits per heavy atom. The van der Waals surface area contributed by atoms with Crippen LogP contribution in [-0.4, -0.2) is 59.8 Å². The van der Waals surface area contributed by atoms with Crippen molar-refractivity contribution in [1.82, 2.24) is 0 Å². The van der Waals surface area contributed by atoms with E-state index in [0.717, 1.165) is 25.7 Å². The molecule has 198 valence electrons. The molecule has 0 aliphatic heterocycles. The van der Waals surface area contributed by atoms with Crippen molar-refractivity contribution in [2.45, 2.75) is 115 Å². The van der Waals surface area contributed by atoms with Crippen LogP contribution in [0.4, 0.5) is 0 Å². The Kier molecular flexibility index (Phi) is 20.3. The third-order valence-corrected chi connectivity index (χ3v) is 5.67. The number of hydrogen-bond acceptors (Lipinski definition) is 9. The second kappa shape index (κ2) is 25.1. The van der Waals surface area contributed by atoms with Crippen molar-refractivity contribution in [1.29, 1.82) is 0 Å². The van der Waals surface area contributed by atoms with Gasteiger partial charge in [0, 0.05) is 6.42 Å². The van der Waals surface area contributed by atoms with E-state index in [0.29, 0.717) is 12.8 Å². The van der Waals surface area contributed by atoms with Crippen molar-refractivity contribution in [3.05, 3.63) is 0 Å². The first-order valence-corrected chi connectivity index (χ1v) is 13.5. The topological polar surface area (TPSA) is 146 Å². The molecule has 0 saturated heterocycles. The van der Waals surface area contributed by atoms with Gasteiger partial charge in [-0.25, -0.2) is 0 Å². The van der Waals surface area contributed by atoms with Crippen LogP contribution in [0.3, 0.4) is 0 Å². The molecular formula is C23H46NaO9P. The Morgan fingerprint density at radius 2 is 1.38 bits per heavy atom. The van der Waals surface area contributed by atoms with Crippen LogP contribution in [0, 0.1) is 0 Å². The van der Waals surface area contributed by atoms with Crippen LogP contribution < -0.4 is 34.5 Å². The van der Waals surface area contributed by atoms with E-state index < -0.39 is 52.3 Å². The first-order valence-electron chi connectivity index (χ1n) is 14.5. The number of carbonyl (C=O) groups excluding carboxylic acids is 1. The summed E-state index contributed by atoms with van der Waals surface area (Å²) >= 11 is 0. The summed E-state index contributed by atoms with van der Waals surface area (Å²) in [5.74, 6) is -1.14. The summed E-state index contributed by atoms with van der Waals surface area (Å²) in [6.07, 6.45) is 9.53. The number of carbonyl (C=O) groups is 1. The summed E-state index contributed by atoms with van der Waals surface area (Å²) in [5, 5.41) is 27.9. The molecule has 0 aliphatic rings. The van der Waals surface area contributed by atoms with E-state index in [1.54, 1.807) is 0 Å². The van der Waals surface area contributed by atoms with E-state index in [4.69, 9.17) is 17.1 Å². The average Bonchev–Trinajstić information content (AvgIpc) is 2.81. The van der Waals surface area contributed by atoms with Crippen LogP contribution in [0.2, 0.25) is 0 Å². The van der Waals surface area contributed by atoms with Gasteiger partial charge in [0.05, 0.1) is 26.6 Å². The molecule has 0 aliphatic carbocycles. The van der Waals surface area contributed by atoms with Gasteiger partial charge in [0.25, 0.3) is 7.82 Å². The minimum atomic E-state index is -5.61. The second-order valence-electron chi connectivity index (χ2n) is 8.04. The molecule has 3 atom stereocenters. The summed E-state index contributed by atoms with van der Waals surface area (Å²) in [6.45, 7) is -7.31. The fourth-order valence-corrected chi connectivity index (χ4v) is 3.60. The maximum absolute atomic E-state index is 12.0. The van der Waals surface area contributed by atoms with E-state index in [1.165, 1.54) is 51.4 Å². The van der Waals surface area contributed by atoms with E-state index in [-0.39, 0.29) is 36.0 Å². The largest absolute Gasteiger partial charge is 1.00 e. The number of phosphoric acid groups is 1. The van der Waals surface area contributed by atoms with E-state index in [2.05, 4.69) is 20.7 Å². The summed E-state index contributed by atoms with van der Waals surface area (Å²) < 4.78 is 62.4. The van der Waals surface area contributed by atoms with Crippen molar-refractivity contribution >= 4 is 13.8 Å². The fraction of sp³-hybridized carbons (Fsp3) is 0.957. The maximum atomic E-state index is 12.0. The predicted molar refractivity (Wildman–Crippen MR) is 124 cm³/mol. The second-order valence-corrected chi connectivity index (χ2v) is 9.38. The molecule has 9 nitrogen and oxygen atoms in total. The van der Waals surface area contributed by atoms with Crippen LogP contribution in [0.5, 0.6) is 0 Å². The number of phosphoric ester groups is 1. The zero-order chi connectivity index (χ0) is 29.3. The predicted octanol–water partition coefficient (Wildman–Crippen LogP) is 0.621. The molecule has 0 spiro atoms. The molecule has 0 radical (unpaired) electrons. The van der Waals surface area contributed by atoms with Crippen molar-refractivity contribution in [2.24, 2.45) is 0 Å². The van der Waals surface area contributed by atoms with Crippen LogP contribution in [0.1, 0.15) is 110 Å². The molecule has 0 saturated carbocycles. The van der Waals surface area contributed by atoms with Crippen LogP contribution in [0.25, 0.3) is 0 Å². The van der Waals surface area contributed by atoms with Gasteiger partial charge >= 0.3 is 35.5 Å². The molecule has 0 aromatic heterocycles. The molecule has 0 heterocycles. The van der Waals surface area contributed by atoms with Gasteiger partial charge in [0.2, 0.25) is 0 Å². The Balaban J connectivity index is 0. The van der Waals surface area contributed by atoms with Crippen molar-refractivity contribution in [3.63, 3.8) is 0 Å². The molecule has 34 heavy (non-hydrogen) atoms. The molecule has 0 aromatic carbocycles. The molecule has 0 bridgehead atoms. The van der Waals surface area contributed by atoms with Gasteiger partial charge in [-0.3, -0.25) is 9.36 Å². The van der Waals surface area contributed by atoms with Crippen molar-refractivity contribution in [3.8, 4) is 0 Å². The minimum absolute atomic E-state index is 0. The Morgan fingerprint density at radius 1 is 0.912 bits per heavy atom. The van der Waals surface area contributed by atoms with Crippen LogP contribution in [0.15, 0.2) is 0 Å². The van der Waals surface area contributed by atoms with E-state index >= 15 is 0 Å². The van der Waals surface area contributed by atoms with Crippen molar-refractivity contribution in [2.75, 3.05) is 26.3 Å². The number of rotatable bonds is 24. The van der Waals surface area contributed by atoms with Crippen molar-refractivity contribution < 1.29 is 79.8 Å². The fourth-order valence-electron chi connectivity index (χ4n) is 3.00. The minimum Gasteiger partial charge on any atom is -0.756 e. The summed E-state index contributed by atoms with van der Waals surface area (Å²) in [6, 6.07) is 0. The molecule has 0 rings (SSSR count). The number of ether oxygens (including phenoxy) is 1. The third-order valence-electron chi connectivity index (χ3n) is 4.89. The van der Waals surface area contributed by atoms with Gasteiger partial charge in [0.15, 0.2) is 0 Å². The molecule has 0 amide bonds. The molecule has 3 N–H and O–H groups in total. The summed E-state index contributed by atoms with van der Waals surface area (Å²) in [7, 11) is -5.61. The van der Waals surface area contributed by atoms with Gasteiger partial charge in [-0.1, -0.05) is 90.4 Å². The van der Waals surface area contributed by atoms with Crippen LogP contribution in [-0.2, 0) is 23.1 Å². The van der Waals surface area contributed by atoms with Gasteiger partial charge < -0.3 is 34.0 Å². The Bertz CT molecular complexity index is 705. The summed E-state index contributed by atoms with van der Waals surface area (Å²) in [5.41, 5.74) is 0. The van der Waals surface area contributed by atoms with Gasteiger partial charge in [0.1, 0.15) is 18.7 Å². The smallest absolute Gasteiger partial charge is 0.756 e. The number of unbranched alkanes of at least 4 members (excludes halogenated alkanes) is 13. The van der Waals surface area contributed by atoms with Gasteiger partial charge in [-0.2, -0.15) is 0 Å². The first kappa shape index (κ1) is 27.5. The quantitative estimate of drug-likeness (QED) is 0.0714. The first-order chi connectivity index (χ1) is 17.6. The Hall–Kier alpha value is 0.460. The third kappa shape index (κ3) is 25.5. The zero-order valence-electron chi connectivity index (χ0n) is 25.8. The number of aliphatic hydroxyl groups is 3. The SMILES string of the molecule is [2H]C([2H])(OC(=O)CCCCCCCCCCCCCCCC)[C@@]([2H])(O)C([2H])([2H])OP(=O)([O-])OCC(O)CO.[Na+]. The van der Waals surface area contributed by atoms with Crippen LogP contribution >= 0.6 is 7.82 Å². The molecule has 0 aromatic rings.